The number of aromatic nitrogens is 2. The molecule has 0 radical (unpaired) electrons. The maximum absolute atomic E-state index is 13.9. The second-order valence-electron chi connectivity index (χ2n) is 8.11. The van der Waals surface area contributed by atoms with Gasteiger partial charge in [-0.2, -0.15) is 0 Å². The molecule has 0 spiro atoms. The Balaban J connectivity index is 1.87. The highest BCUT2D eigenvalue weighted by molar-refractivity contribution is 9.10. The second-order valence-corrected chi connectivity index (χ2v) is 9.02. The van der Waals surface area contributed by atoms with Crippen LogP contribution in [0.4, 0.5) is 0 Å². The van der Waals surface area contributed by atoms with Gasteiger partial charge in [0.15, 0.2) is 0 Å². The zero-order valence-corrected chi connectivity index (χ0v) is 20.1. The highest BCUT2D eigenvalue weighted by Gasteiger charge is 2.32. The van der Waals surface area contributed by atoms with E-state index >= 15 is 0 Å². The Kier molecular flexibility index (Phi) is 5.49. The van der Waals surface area contributed by atoms with E-state index in [2.05, 4.69) is 15.9 Å². The fourth-order valence-electron chi connectivity index (χ4n) is 4.46. The van der Waals surface area contributed by atoms with E-state index in [1.165, 1.54) is 0 Å². The van der Waals surface area contributed by atoms with Crippen LogP contribution < -0.4 is 11.2 Å². The zero-order chi connectivity index (χ0) is 24.0. The molecule has 0 amide bonds. The largest absolute Gasteiger partial charge is 0.507 e. The third-order valence-corrected chi connectivity index (χ3v) is 6.73. The summed E-state index contributed by atoms with van der Waals surface area (Å²) < 4.78 is 9.77. The topological polar surface area (TPSA) is 77.4 Å². The first-order valence-corrected chi connectivity index (χ1v) is 11.5. The van der Waals surface area contributed by atoms with Crippen molar-refractivity contribution in [3.8, 4) is 11.4 Å². The van der Waals surface area contributed by atoms with E-state index < -0.39 is 11.5 Å². The van der Waals surface area contributed by atoms with Crippen LogP contribution in [0.15, 0.2) is 97.3 Å². The fraction of sp³-hybridized carbons (Fsp3) is 0.111. The summed E-state index contributed by atoms with van der Waals surface area (Å²) in [5.74, 6) is -1.02. The van der Waals surface area contributed by atoms with Crippen LogP contribution in [0.3, 0.4) is 0 Å². The molecule has 7 heteroatoms. The molecule has 0 aliphatic carbocycles. The van der Waals surface area contributed by atoms with E-state index in [0.717, 1.165) is 4.47 Å². The molecule has 5 rings (SSSR count). The van der Waals surface area contributed by atoms with Gasteiger partial charge in [-0.15, -0.1) is 0 Å². The summed E-state index contributed by atoms with van der Waals surface area (Å²) in [5, 5.41) is 11.7. The van der Waals surface area contributed by atoms with Crippen molar-refractivity contribution in [3.05, 3.63) is 126 Å². The Labute approximate surface area is 203 Å². The van der Waals surface area contributed by atoms with Crippen LogP contribution in [-0.2, 0) is 7.05 Å². The first-order valence-electron chi connectivity index (χ1n) is 10.7. The zero-order valence-electron chi connectivity index (χ0n) is 18.5. The molecule has 170 valence electrons. The Bertz CT molecular complexity index is 1630. The average molecular weight is 517 g/mol. The number of para-hydroxylation sites is 2. The predicted molar refractivity (Wildman–Crippen MR) is 135 cm³/mol. The molecule has 2 aromatic heterocycles. The summed E-state index contributed by atoms with van der Waals surface area (Å²) in [6, 6.07) is 23.5. The van der Waals surface area contributed by atoms with Gasteiger partial charge in [0.25, 0.3) is 5.56 Å². The van der Waals surface area contributed by atoms with Gasteiger partial charge in [-0.05, 0) is 48.9 Å². The summed E-state index contributed by atoms with van der Waals surface area (Å²) in [6.45, 7) is 1.84. The van der Waals surface area contributed by atoms with Crippen LogP contribution >= 0.6 is 15.9 Å². The van der Waals surface area contributed by atoms with Gasteiger partial charge in [0.1, 0.15) is 11.3 Å². The molecule has 1 N–H and O–H groups in total. The molecule has 0 fully saturated rings. The minimum absolute atomic E-state index is 0.0343. The third-order valence-electron chi connectivity index (χ3n) is 6.20. The van der Waals surface area contributed by atoms with E-state index in [4.69, 9.17) is 4.42 Å². The summed E-state index contributed by atoms with van der Waals surface area (Å²) in [6.07, 6.45) is 0. The molecule has 2 heterocycles. The number of halogens is 1. The van der Waals surface area contributed by atoms with Crippen molar-refractivity contribution >= 4 is 26.9 Å². The van der Waals surface area contributed by atoms with Crippen LogP contribution in [-0.4, -0.2) is 14.5 Å². The lowest BCUT2D eigenvalue weighted by molar-refractivity contribution is 0.455. The molecule has 34 heavy (non-hydrogen) atoms. The number of fused-ring (bicyclic) bond motifs is 1. The summed E-state index contributed by atoms with van der Waals surface area (Å²) in [5.41, 5.74) is 1.83. The van der Waals surface area contributed by atoms with Gasteiger partial charge in [0.2, 0.25) is 0 Å². The van der Waals surface area contributed by atoms with Gasteiger partial charge in [0.05, 0.1) is 28.1 Å². The maximum Gasteiger partial charge on any atom is 0.344 e. The minimum Gasteiger partial charge on any atom is -0.507 e. The number of aromatic hydroxyl groups is 1. The van der Waals surface area contributed by atoms with E-state index in [1.807, 2.05) is 61.5 Å². The van der Waals surface area contributed by atoms with E-state index in [-0.39, 0.29) is 22.5 Å². The number of rotatable bonds is 4. The molecule has 6 nitrogen and oxygen atoms in total. The Morgan fingerprint density at radius 1 is 0.882 bits per heavy atom. The van der Waals surface area contributed by atoms with Crippen LogP contribution in [0, 0.1) is 6.92 Å². The maximum atomic E-state index is 13.9. The van der Waals surface area contributed by atoms with Crippen LogP contribution in [0.2, 0.25) is 0 Å². The lowest BCUT2D eigenvalue weighted by Gasteiger charge is -2.18. The first-order chi connectivity index (χ1) is 16.4. The van der Waals surface area contributed by atoms with Crippen molar-refractivity contribution < 1.29 is 9.52 Å². The molecule has 0 aliphatic heterocycles. The molecule has 5 aromatic rings. The van der Waals surface area contributed by atoms with Gasteiger partial charge in [-0.25, -0.2) is 9.48 Å². The third kappa shape index (κ3) is 3.49. The molecular formula is C27H21BrN2O4. The highest BCUT2D eigenvalue weighted by atomic mass is 79.9. The number of hydrogen-bond acceptors (Lipinski definition) is 4. The van der Waals surface area contributed by atoms with Crippen LogP contribution in [0.25, 0.3) is 16.7 Å². The molecule has 0 saturated heterocycles. The summed E-state index contributed by atoms with van der Waals surface area (Å²) in [7, 11) is 1.80. The SMILES string of the molecule is Cc1c([C@H](c2ccc(Br)cc2)c2c(O)c3ccccc3oc2=O)c(=O)n(-c2ccccc2)n1C. The van der Waals surface area contributed by atoms with Gasteiger partial charge in [0, 0.05) is 17.2 Å². The van der Waals surface area contributed by atoms with Crippen molar-refractivity contribution in [3.63, 3.8) is 0 Å². The highest BCUT2D eigenvalue weighted by Crippen LogP contribution is 2.38. The van der Waals surface area contributed by atoms with E-state index in [0.29, 0.717) is 27.9 Å². The Hall–Kier alpha value is -3.84. The van der Waals surface area contributed by atoms with Crippen LogP contribution in [0.1, 0.15) is 28.3 Å². The standard InChI is InChI=1S/C27H21BrN2O4/c1-16-22(26(32)30(29(16)2)19-8-4-3-5-9-19)23(17-12-14-18(28)15-13-17)24-25(31)20-10-6-7-11-21(20)34-27(24)33/h3-15,23,31H,1-2H3/t23-/m0/s1. The summed E-state index contributed by atoms with van der Waals surface area (Å²) >= 11 is 3.44. The number of hydrogen-bond donors (Lipinski definition) is 1. The second kappa shape index (κ2) is 8.50. The van der Waals surface area contributed by atoms with E-state index in [9.17, 15) is 14.7 Å². The van der Waals surface area contributed by atoms with Crippen molar-refractivity contribution in [1.29, 1.82) is 0 Å². The van der Waals surface area contributed by atoms with E-state index in [1.54, 1.807) is 40.7 Å². The molecule has 0 saturated carbocycles. The van der Waals surface area contributed by atoms with Gasteiger partial charge in [-0.1, -0.05) is 58.4 Å². The molecular weight excluding hydrogens is 496 g/mol. The van der Waals surface area contributed by atoms with Gasteiger partial charge >= 0.3 is 5.63 Å². The normalized spacial score (nSPS) is 12.2. The van der Waals surface area contributed by atoms with Crippen molar-refractivity contribution in [1.82, 2.24) is 9.36 Å². The smallest absolute Gasteiger partial charge is 0.344 e. The van der Waals surface area contributed by atoms with Gasteiger partial charge in [-0.3, -0.25) is 9.48 Å². The quantitative estimate of drug-likeness (QED) is 0.331. The van der Waals surface area contributed by atoms with Crippen molar-refractivity contribution in [2.75, 3.05) is 0 Å². The Morgan fingerprint density at radius 3 is 2.24 bits per heavy atom. The Morgan fingerprint density at radius 2 is 1.53 bits per heavy atom. The number of benzene rings is 3. The lowest BCUT2D eigenvalue weighted by Crippen LogP contribution is -2.24. The van der Waals surface area contributed by atoms with Crippen molar-refractivity contribution in [2.45, 2.75) is 12.8 Å². The molecule has 1 atom stereocenters. The lowest BCUT2D eigenvalue weighted by atomic mass is 9.85. The monoisotopic (exact) mass is 516 g/mol. The van der Waals surface area contributed by atoms with Crippen LogP contribution in [0.5, 0.6) is 5.75 Å². The number of nitrogens with zero attached hydrogens (tertiary/aromatic N) is 2. The minimum atomic E-state index is -0.836. The molecule has 0 aliphatic rings. The van der Waals surface area contributed by atoms with Gasteiger partial charge < -0.3 is 9.52 Å². The molecule has 3 aromatic carbocycles. The van der Waals surface area contributed by atoms with Crippen molar-refractivity contribution in [2.24, 2.45) is 7.05 Å². The predicted octanol–water partition coefficient (Wildman–Crippen LogP) is 5.24. The molecule has 0 unspecified atom stereocenters. The fourth-order valence-corrected chi connectivity index (χ4v) is 4.72. The first kappa shape index (κ1) is 22.0. The summed E-state index contributed by atoms with van der Waals surface area (Å²) in [4.78, 5) is 27.1. The molecule has 0 bridgehead atoms. The average Bonchev–Trinajstić information content (AvgIpc) is 3.06.